The lowest BCUT2D eigenvalue weighted by molar-refractivity contribution is -0.385. The van der Waals surface area contributed by atoms with E-state index in [2.05, 4.69) is 5.32 Å². The van der Waals surface area contributed by atoms with Crippen LogP contribution < -0.4 is 10.1 Å². The number of hydrogen-bond donors (Lipinski definition) is 1. The fraction of sp³-hybridized carbons (Fsp3) is 0.176. The summed E-state index contributed by atoms with van der Waals surface area (Å²) in [6, 6.07) is 12.0. The second kappa shape index (κ2) is 8.44. The van der Waals surface area contributed by atoms with E-state index in [-0.39, 0.29) is 18.0 Å². The molecule has 0 unspecified atom stereocenters. The van der Waals surface area contributed by atoms with Gasteiger partial charge >= 0.3 is 11.7 Å². The number of nitrogens with one attached hydrogen (secondary N) is 1. The SMILES string of the molecule is CCOC(=O)c1cccc(NC(=O)COc2ccccc2[N+](=O)[O-])c1. The van der Waals surface area contributed by atoms with E-state index in [1.54, 1.807) is 31.2 Å². The molecule has 0 fully saturated rings. The number of hydrogen-bond acceptors (Lipinski definition) is 6. The molecule has 1 amide bonds. The van der Waals surface area contributed by atoms with E-state index in [0.29, 0.717) is 11.3 Å². The molecule has 8 nitrogen and oxygen atoms in total. The molecule has 25 heavy (non-hydrogen) atoms. The van der Waals surface area contributed by atoms with Gasteiger partial charge in [-0.05, 0) is 31.2 Å². The van der Waals surface area contributed by atoms with E-state index in [1.165, 1.54) is 24.3 Å². The van der Waals surface area contributed by atoms with Gasteiger partial charge in [0.05, 0.1) is 17.1 Å². The monoisotopic (exact) mass is 344 g/mol. The molecule has 2 aromatic rings. The van der Waals surface area contributed by atoms with Gasteiger partial charge in [0.25, 0.3) is 5.91 Å². The van der Waals surface area contributed by atoms with Gasteiger partial charge in [-0.2, -0.15) is 0 Å². The van der Waals surface area contributed by atoms with Crippen molar-refractivity contribution in [2.24, 2.45) is 0 Å². The number of nitro benzene ring substituents is 1. The second-order valence-corrected chi connectivity index (χ2v) is 4.86. The van der Waals surface area contributed by atoms with Crippen LogP contribution in [0.1, 0.15) is 17.3 Å². The fourth-order valence-corrected chi connectivity index (χ4v) is 2.01. The van der Waals surface area contributed by atoms with Crippen LogP contribution in [0.25, 0.3) is 0 Å². The van der Waals surface area contributed by atoms with Crippen LogP contribution in [0.4, 0.5) is 11.4 Å². The number of ether oxygens (including phenoxy) is 2. The molecule has 0 atom stereocenters. The van der Waals surface area contributed by atoms with Crippen LogP contribution in [0.2, 0.25) is 0 Å². The van der Waals surface area contributed by atoms with Crippen LogP contribution in [-0.4, -0.2) is 30.0 Å². The zero-order valence-corrected chi connectivity index (χ0v) is 13.4. The van der Waals surface area contributed by atoms with Gasteiger partial charge in [-0.1, -0.05) is 18.2 Å². The van der Waals surface area contributed by atoms with Gasteiger partial charge in [-0.3, -0.25) is 14.9 Å². The Kier molecular flexibility index (Phi) is 6.05. The number of benzene rings is 2. The van der Waals surface area contributed by atoms with E-state index >= 15 is 0 Å². The maximum atomic E-state index is 12.0. The molecular weight excluding hydrogens is 328 g/mol. The summed E-state index contributed by atoms with van der Waals surface area (Å²) in [5.74, 6) is -1.00. The van der Waals surface area contributed by atoms with Crippen molar-refractivity contribution in [3.05, 3.63) is 64.2 Å². The number of para-hydroxylation sites is 2. The molecule has 0 saturated carbocycles. The van der Waals surface area contributed by atoms with Crippen molar-refractivity contribution in [1.29, 1.82) is 0 Å². The highest BCUT2D eigenvalue weighted by molar-refractivity contribution is 5.95. The number of amides is 1. The van der Waals surface area contributed by atoms with E-state index in [4.69, 9.17) is 9.47 Å². The Morgan fingerprint density at radius 2 is 1.92 bits per heavy atom. The lowest BCUT2D eigenvalue weighted by Gasteiger charge is -2.09. The fourth-order valence-electron chi connectivity index (χ4n) is 2.01. The minimum absolute atomic E-state index is 0.00271. The Morgan fingerprint density at radius 1 is 1.16 bits per heavy atom. The third-order valence-corrected chi connectivity index (χ3v) is 3.08. The van der Waals surface area contributed by atoms with Crippen molar-refractivity contribution in [3.63, 3.8) is 0 Å². The molecule has 0 aliphatic carbocycles. The molecule has 2 aromatic carbocycles. The minimum atomic E-state index is -0.587. The van der Waals surface area contributed by atoms with Crippen molar-refractivity contribution in [1.82, 2.24) is 0 Å². The molecule has 8 heteroatoms. The summed E-state index contributed by atoms with van der Waals surface area (Å²) in [5, 5.41) is 13.4. The summed E-state index contributed by atoms with van der Waals surface area (Å²) >= 11 is 0. The van der Waals surface area contributed by atoms with Crippen LogP contribution in [0.5, 0.6) is 5.75 Å². The van der Waals surface area contributed by atoms with Gasteiger partial charge < -0.3 is 14.8 Å². The highest BCUT2D eigenvalue weighted by Gasteiger charge is 2.15. The Bertz CT molecular complexity index is 790. The molecule has 0 bridgehead atoms. The highest BCUT2D eigenvalue weighted by atomic mass is 16.6. The highest BCUT2D eigenvalue weighted by Crippen LogP contribution is 2.25. The predicted molar refractivity (Wildman–Crippen MR) is 89.6 cm³/mol. The summed E-state index contributed by atoms with van der Waals surface area (Å²) in [7, 11) is 0. The molecule has 0 radical (unpaired) electrons. The molecule has 0 saturated heterocycles. The largest absolute Gasteiger partial charge is 0.477 e. The average molecular weight is 344 g/mol. The Labute approximate surface area is 143 Å². The van der Waals surface area contributed by atoms with Gasteiger partial charge in [0.15, 0.2) is 12.4 Å². The minimum Gasteiger partial charge on any atom is -0.477 e. The number of nitrogens with zero attached hydrogens (tertiary/aromatic N) is 1. The topological polar surface area (TPSA) is 108 Å². The number of anilines is 1. The number of rotatable bonds is 7. The summed E-state index contributed by atoms with van der Waals surface area (Å²) in [6.07, 6.45) is 0. The van der Waals surface area contributed by atoms with Crippen LogP contribution in [-0.2, 0) is 9.53 Å². The Hall–Kier alpha value is -3.42. The van der Waals surface area contributed by atoms with E-state index in [0.717, 1.165) is 0 Å². The first-order valence-electron chi connectivity index (χ1n) is 7.44. The van der Waals surface area contributed by atoms with Crippen LogP contribution in [0.15, 0.2) is 48.5 Å². The van der Waals surface area contributed by atoms with Crippen molar-refractivity contribution in [3.8, 4) is 5.75 Å². The third-order valence-electron chi connectivity index (χ3n) is 3.08. The first-order valence-corrected chi connectivity index (χ1v) is 7.44. The van der Waals surface area contributed by atoms with Crippen molar-refractivity contribution in [2.45, 2.75) is 6.92 Å². The second-order valence-electron chi connectivity index (χ2n) is 4.86. The van der Waals surface area contributed by atoms with Gasteiger partial charge in [0.2, 0.25) is 0 Å². The van der Waals surface area contributed by atoms with Gasteiger partial charge in [0, 0.05) is 11.8 Å². The molecule has 0 aliphatic rings. The molecule has 2 rings (SSSR count). The third kappa shape index (κ3) is 5.03. The van der Waals surface area contributed by atoms with Gasteiger partial charge in [0.1, 0.15) is 0 Å². The maximum absolute atomic E-state index is 12.0. The summed E-state index contributed by atoms with van der Waals surface area (Å²) in [4.78, 5) is 33.9. The number of carbonyl (C=O) groups is 2. The lowest BCUT2D eigenvalue weighted by Crippen LogP contribution is -2.20. The normalized spacial score (nSPS) is 9.96. The van der Waals surface area contributed by atoms with Crippen molar-refractivity contribution < 1.29 is 24.0 Å². The van der Waals surface area contributed by atoms with Crippen molar-refractivity contribution >= 4 is 23.3 Å². The molecule has 0 aromatic heterocycles. The summed E-state index contributed by atoms with van der Waals surface area (Å²) < 4.78 is 10.1. The molecule has 0 heterocycles. The maximum Gasteiger partial charge on any atom is 0.338 e. The number of carbonyl (C=O) groups excluding carboxylic acids is 2. The number of nitro groups is 1. The lowest BCUT2D eigenvalue weighted by atomic mass is 10.2. The Balaban J connectivity index is 1.98. The molecule has 130 valence electrons. The molecular formula is C17H16N2O6. The van der Waals surface area contributed by atoms with Gasteiger partial charge in [-0.15, -0.1) is 0 Å². The first kappa shape index (κ1) is 17.9. The van der Waals surface area contributed by atoms with Crippen molar-refractivity contribution in [2.75, 3.05) is 18.5 Å². The molecule has 1 N–H and O–H groups in total. The molecule has 0 aliphatic heterocycles. The smallest absolute Gasteiger partial charge is 0.338 e. The van der Waals surface area contributed by atoms with Crippen LogP contribution in [0.3, 0.4) is 0 Å². The quantitative estimate of drug-likeness (QED) is 0.470. The Morgan fingerprint density at radius 3 is 2.64 bits per heavy atom. The summed E-state index contributed by atoms with van der Waals surface area (Å²) in [5.41, 5.74) is 0.473. The van der Waals surface area contributed by atoms with E-state index in [1.807, 2.05) is 0 Å². The van der Waals surface area contributed by atoms with Gasteiger partial charge in [-0.25, -0.2) is 4.79 Å². The summed E-state index contributed by atoms with van der Waals surface area (Å²) in [6.45, 7) is 1.54. The molecule has 0 spiro atoms. The van der Waals surface area contributed by atoms with Crippen LogP contribution >= 0.6 is 0 Å². The number of esters is 1. The average Bonchev–Trinajstić information content (AvgIpc) is 2.60. The zero-order valence-electron chi connectivity index (χ0n) is 13.4. The van der Waals surface area contributed by atoms with E-state index < -0.39 is 23.4 Å². The van der Waals surface area contributed by atoms with Crippen LogP contribution in [0, 0.1) is 10.1 Å². The first-order chi connectivity index (χ1) is 12.0. The standard InChI is InChI=1S/C17H16N2O6/c1-2-24-17(21)12-6-5-7-13(10-12)18-16(20)11-25-15-9-4-3-8-14(15)19(22)23/h3-10H,2,11H2,1H3,(H,18,20). The zero-order chi connectivity index (χ0) is 18.2. The predicted octanol–water partition coefficient (Wildman–Crippen LogP) is 2.79. The van der Waals surface area contributed by atoms with E-state index in [9.17, 15) is 19.7 Å².